The Morgan fingerprint density at radius 1 is 1.27 bits per heavy atom. The molecule has 0 bridgehead atoms. The largest absolute Gasteiger partial charge is 0.338 e. The lowest BCUT2D eigenvalue weighted by atomic mass is 10.1. The van der Waals surface area contributed by atoms with E-state index in [4.69, 9.17) is 0 Å². The topological polar surface area (TPSA) is 78.5 Å². The summed E-state index contributed by atoms with van der Waals surface area (Å²) in [5.41, 5.74) is 1.12. The molecule has 0 aliphatic carbocycles. The minimum absolute atomic E-state index is 0.192. The molecule has 0 unspecified atom stereocenters. The van der Waals surface area contributed by atoms with Crippen LogP contribution in [-0.4, -0.2) is 47.5 Å². The number of nitrogens with zero attached hydrogens (tertiary/aromatic N) is 1. The third-order valence-corrected chi connectivity index (χ3v) is 4.40. The summed E-state index contributed by atoms with van der Waals surface area (Å²) < 4.78 is 1.01. The molecule has 8 heteroatoms. The van der Waals surface area contributed by atoms with Gasteiger partial charge in [-0.05, 0) is 24.1 Å². The van der Waals surface area contributed by atoms with Crippen molar-refractivity contribution in [3.8, 4) is 0 Å². The minimum atomic E-state index is -0.304. The number of benzene rings is 1. The number of thioether (sulfide) groups is 1. The zero-order chi connectivity index (χ0) is 15.9. The number of hydrogen-bond acceptors (Lipinski definition) is 4. The van der Waals surface area contributed by atoms with E-state index >= 15 is 0 Å². The molecular formula is C14H16BrN3O3S. The molecule has 0 spiro atoms. The molecule has 2 N–H and O–H groups in total. The maximum atomic E-state index is 11.6. The highest BCUT2D eigenvalue weighted by molar-refractivity contribution is 9.10. The Hall–Kier alpha value is -1.54. The summed E-state index contributed by atoms with van der Waals surface area (Å²) in [6.45, 7) is 0.976. The number of rotatable bonds is 6. The Morgan fingerprint density at radius 2 is 2.05 bits per heavy atom. The minimum Gasteiger partial charge on any atom is -0.338 e. The molecule has 22 heavy (non-hydrogen) atoms. The van der Waals surface area contributed by atoms with Crippen LogP contribution in [0, 0.1) is 0 Å². The second-order valence-corrected chi connectivity index (χ2v) is 6.50. The molecule has 0 saturated carbocycles. The highest BCUT2D eigenvalue weighted by Gasteiger charge is 2.29. The molecule has 0 aromatic heterocycles. The summed E-state index contributed by atoms with van der Waals surface area (Å²) in [6.07, 6.45) is 0.729. The number of urea groups is 1. The van der Waals surface area contributed by atoms with Crippen LogP contribution in [0.2, 0.25) is 0 Å². The van der Waals surface area contributed by atoms with E-state index in [1.807, 2.05) is 24.3 Å². The zero-order valence-corrected chi connectivity index (χ0v) is 14.2. The first-order chi connectivity index (χ1) is 10.6. The van der Waals surface area contributed by atoms with Gasteiger partial charge in [-0.15, -0.1) is 0 Å². The monoisotopic (exact) mass is 385 g/mol. The highest BCUT2D eigenvalue weighted by Crippen LogP contribution is 2.17. The Bertz CT molecular complexity index is 566. The van der Waals surface area contributed by atoms with E-state index in [1.165, 1.54) is 0 Å². The number of carbonyl (C=O) groups excluding carboxylic acids is 3. The van der Waals surface area contributed by atoms with Crippen molar-refractivity contribution in [1.82, 2.24) is 15.5 Å². The van der Waals surface area contributed by atoms with Crippen LogP contribution in [0.3, 0.4) is 0 Å². The fourth-order valence-electron chi connectivity index (χ4n) is 1.95. The summed E-state index contributed by atoms with van der Waals surface area (Å²) in [6, 6.07) is 7.58. The number of carbonyl (C=O) groups is 3. The van der Waals surface area contributed by atoms with Crippen LogP contribution in [-0.2, 0) is 11.2 Å². The first-order valence-corrected chi connectivity index (χ1v) is 8.57. The highest BCUT2D eigenvalue weighted by atomic mass is 79.9. The number of imide groups is 1. The van der Waals surface area contributed by atoms with Gasteiger partial charge < -0.3 is 10.6 Å². The van der Waals surface area contributed by atoms with Crippen molar-refractivity contribution < 1.29 is 14.4 Å². The van der Waals surface area contributed by atoms with Gasteiger partial charge in [0.05, 0.1) is 5.75 Å². The second-order valence-electron chi connectivity index (χ2n) is 4.66. The Balaban J connectivity index is 1.62. The van der Waals surface area contributed by atoms with E-state index in [1.54, 1.807) is 0 Å². The fraction of sp³-hybridized carbons (Fsp3) is 0.357. The van der Waals surface area contributed by atoms with Crippen LogP contribution < -0.4 is 10.6 Å². The normalized spacial score (nSPS) is 14.3. The van der Waals surface area contributed by atoms with Crippen LogP contribution >= 0.6 is 27.7 Å². The fourth-order valence-corrected chi connectivity index (χ4v) is 3.15. The quantitative estimate of drug-likeness (QED) is 0.784. The lowest BCUT2D eigenvalue weighted by Crippen LogP contribution is -2.42. The van der Waals surface area contributed by atoms with E-state index < -0.39 is 0 Å². The standard InChI is InChI=1S/C14H16BrN3O3S/c15-11-3-1-2-10(8-11)4-5-16-13(20)17-6-7-18-12(19)9-22-14(18)21/h1-3,8H,4-7,9H2,(H2,16,17,20). The number of amides is 4. The molecule has 0 radical (unpaired) electrons. The smallest absolute Gasteiger partial charge is 0.314 e. The molecule has 1 aliphatic rings. The predicted molar refractivity (Wildman–Crippen MR) is 88.8 cm³/mol. The van der Waals surface area contributed by atoms with Crippen molar-refractivity contribution in [3.05, 3.63) is 34.3 Å². The average Bonchev–Trinajstić information content (AvgIpc) is 2.79. The van der Waals surface area contributed by atoms with Gasteiger partial charge in [-0.2, -0.15) is 0 Å². The number of hydrogen-bond donors (Lipinski definition) is 2. The summed E-state index contributed by atoms with van der Waals surface area (Å²) in [7, 11) is 0. The lowest BCUT2D eigenvalue weighted by Gasteiger charge is -2.13. The van der Waals surface area contributed by atoms with E-state index in [-0.39, 0.29) is 36.0 Å². The SMILES string of the molecule is O=C(NCCc1cccc(Br)c1)NCCN1C(=O)CSC1=O. The van der Waals surface area contributed by atoms with Gasteiger partial charge in [0.1, 0.15) is 0 Å². The molecular weight excluding hydrogens is 370 g/mol. The lowest BCUT2D eigenvalue weighted by molar-refractivity contribution is -0.124. The van der Waals surface area contributed by atoms with Gasteiger partial charge in [-0.1, -0.05) is 39.8 Å². The molecule has 6 nitrogen and oxygen atoms in total. The molecule has 1 fully saturated rings. The predicted octanol–water partition coefficient (Wildman–Crippen LogP) is 1.99. The number of nitrogens with one attached hydrogen (secondary N) is 2. The second kappa shape index (κ2) is 8.19. The van der Waals surface area contributed by atoms with E-state index in [2.05, 4.69) is 26.6 Å². The van der Waals surface area contributed by atoms with Gasteiger partial charge in [0.2, 0.25) is 5.91 Å². The van der Waals surface area contributed by atoms with E-state index in [0.717, 1.165) is 33.1 Å². The number of halogens is 1. The van der Waals surface area contributed by atoms with Crippen molar-refractivity contribution in [3.63, 3.8) is 0 Å². The summed E-state index contributed by atoms with van der Waals surface area (Å²) in [5.74, 6) is -0.00985. The molecule has 4 amide bonds. The summed E-state index contributed by atoms with van der Waals surface area (Å²) >= 11 is 4.39. The van der Waals surface area contributed by atoms with Crippen LogP contribution in [0.15, 0.2) is 28.7 Å². The van der Waals surface area contributed by atoms with Crippen molar-refractivity contribution in [2.24, 2.45) is 0 Å². The Labute approximate surface area is 141 Å². The van der Waals surface area contributed by atoms with Gasteiger partial charge in [0.25, 0.3) is 5.24 Å². The molecule has 1 aliphatic heterocycles. The van der Waals surface area contributed by atoms with Gasteiger partial charge in [0, 0.05) is 24.1 Å². The van der Waals surface area contributed by atoms with E-state index in [0.29, 0.717) is 6.54 Å². The van der Waals surface area contributed by atoms with Gasteiger partial charge in [0.15, 0.2) is 0 Å². The third kappa shape index (κ3) is 5.03. The molecule has 2 rings (SSSR count). The molecule has 1 aromatic carbocycles. The van der Waals surface area contributed by atoms with Gasteiger partial charge >= 0.3 is 6.03 Å². The van der Waals surface area contributed by atoms with Crippen molar-refractivity contribution in [1.29, 1.82) is 0 Å². The molecule has 118 valence electrons. The first-order valence-electron chi connectivity index (χ1n) is 6.79. The Morgan fingerprint density at radius 3 is 2.73 bits per heavy atom. The average molecular weight is 386 g/mol. The van der Waals surface area contributed by atoms with Crippen molar-refractivity contribution in [2.45, 2.75) is 6.42 Å². The maximum absolute atomic E-state index is 11.6. The summed E-state index contributed by atoms with van der Waals surface area (Å²) in [5, 5.41) is 5.12. The zero-order valence-electron chi connectivity index (χ0n) is 11.8. The van der Waals surface area contributed by atoms with Crippen LogP contribution in [0.4, 0.5) is 9.59 Å². The molecule has 0 atom stereocenters. The van der Waals surface area contributed by atoms with E-state index in [9.17, 15) is 14.4 Å². The molecule has 1 aromatic rings. The first kappa shape index (κ1) is 16.8. The van der Waals surface area contributed by atoms with Crippen molar-refractivity contribution in [2.75, 3.05) is 25.4 Å². The maximum Gasteiger partial charge on any atom is 0.314 e. The third-order valence-electron chi connectivity index (χ3n) is 3.05. The molecule has 1 saturated heterocycles. The van der Waals surface area contributed by atoms with Gasteiger partial charge in [-0.25, -0.2) is 4.79 Å². The molecule has 1 heterocycles. The van der Waals surface area contributed by atoms with Crippen LogP contribution in [0.5, 0.6) is 0 Å². The van der Waals surface area contributed by atoms with Gasteiger partial charge in [-0.3, -0.25) is 14.5 Å². The Kier molecular flexibility index (Phi) is 6.26. The van der Waals surface area contributed by atoms with Crippen LogP contribution in [0.1, 0.15) is 5.56 Å². The summed E-state index contributed by atoms with van der Waals surface area (Å²) in [4.78, 5) is 35.5. The van der Waals surface area contributed by atoms with Crippen LogP contribution in [0.25, 0.3) is 0 Å². The van der Waals surface area contributed by atoms with Crippen molar-refractivity contribution >= 4 is 44.9 Å².